The molecule has 2 rings (SSSR count). The Morgan fingerprint density at radius 2 is 1.95 bits per heavy atom. The van der Waals surface area contributed by atoms with E-state index in [1.807, 2.05) is 0 Å². The first kappa shape index (κ1) is 15.0. The van der Waals surface area contributed by atoms with Crippen molar-refractivity contribution in [1.82, 2.24) is 4.98 Å². The summed E-state index contributed by atoms with van der Waals surface area (Å²) in [5, 5.41) is 1.06. The summed E-state index contributed by atoms with van der Waals surface area (Å²) >= 11 is 1.72. The van der Waals surface area contributed by atoms with Gasteiger partial charge in [0, 0.05) is 25.0 Å². The van der Waals surface area contributed by atoms with Crippen LogP contribution in [-0.2, 0) is 19.5 Å². The van der Waals surface area contributed by atoms with Gasteiger partial charge in [-0.05, 0) is 18.9 Å². The lowest BCUT2D eigenvalue weighted by molar-refractivity contribution is 0.854. The van der Waals surface area contributed by atoms with Gasteiger partial charge in [0.05, 0.1) is 5.69 Å². The summed E-state index contributed by atoms with van der Waals surface area (Å²) in [7, 11) is 2.09. The van der Waals surface area contributed by atoms with Crippen LogP contribution in [-0.4, -0.2) is 12.0 Å². The fourth-order valence-corrected chi connectivity index (χ4v) is 3.11. The molecule has 4 heteroatoms. The zero-order chi connectivity index (χ0) is 14.5. The van der Waals surface area contributed by atoms with E-state index < -0.39 is 0 Å². The van der Waals surface area contributed by atoms with Crippen LogP contribution in [0, 0.1) is 6.92 Å². The van der Waals surface area contributed by atoms with Gasteiger partial charge >= 0.3 is 0 Å². The SMILES string of the molecule is CCCc1nc(N(C)Cc2ccc(C)cc2)sc1CN. The van der Waals surface area contributed by atoms with Crippen LogP contribution in [0.25, 0.3) is 0 Å². The number of hydrogen-bond donors (Lipinski definition) is 1. The van der Waals surface area contributed by atoms with E-state index in [2.05, 4.69) is 50.1 Å². The Morgan fingerprint density at radius 1 is 1.25 bits per heavy atom. The maximum Gasteiger partial charge on any atom is 0.185 e. The quantitative estimate of drug-likeness (QED) is 0.885. The van der Waals surface area contributed by atoms with Crippen molar-refractivity contribution < 1.29 is 0 Å². The molecule has 0 saturated heterocycles. The lowest BCUT2D eigenvalue weighted by Crippen LogP contribution is -2.16. The highest BCUT2D eigenvalue weighted by atomic mass is 32.1. The molecule has 108 valence electrons. The van der Waals surface area contributed by atoms with Crippen molar-refractivity contribution in [2.75, 3.05) is 11.9 Å². The normalized spacial score (nSPS) is 10.8. The van der Waals surface area contributed by atoms with Crippen LogP contribution in [0.4, 0.5) is 5.13 Å². The molecule has 2 aromatic rings. The highest BCUT2D eigenvalue weighted by Gasteiger charge is 2.12. The van der Waals surface area contributed by atoms with Gasteiger partial charge in [-0.2, -0.15) is 0 Å². The molecule has 0 fully saturated rings. The zero-order valence-corrected chi connectivity index (χ0v) is 13.3. The molecule has 0 aliphatic heterocycles. The molecule has 1 aromatic carbocycles. The van der Waals surface area contributed by atoms with Crippen LogP contribution < -0.4 is 10.6 Å². The molecule has 0 saturated carbocycles. The van der Waals surface area contributed by atoms with Gasteiger partial charge in [-0.3, -0.25) is 0 Å². The Balaban J connectivity index is 2.12. The van der Waals surface area contributed by atoms with E-state index >= 15 is 0 Å². The predicted octanol–water partition coefficient (Wildman–Crippen LogP) is 3.50. The molecule has 0 unspecified atom stereocenters. The van der Waals surface area contributed by atoms with Gasteiger partial charge < -0.3 is 10.6 Å². The van der Waals surface area contributed by atoms with Crippen molar-refractivity contribution >= 4 is 16.5 Å². The Morgan fingerprint density at radius 3 is 2.55 bits per heavy atom. The van der Waals surface area contributed by atoms with Crippen LogP contribution >= 0.6 is 11.3 Å². The molecule has 0 aliphatic carbocycles. The number of nitrogens with zero attached hydrogens (tertiary/aromatic N) is 2. The lowest BCUT2D eigenvalue weighted by atomic mass is 10.1. The van der Waals surface area contributed by atoms with Crippen molar-refractivity contribution in [3.63, 3.8) is 0 Å². The third-order valence-electron chi connectivity index (χ3n) is 3.31. The fourth-order valence-electron chi connectivity index (χ4n) is 2.16. The van der Waals surface area contributed by atoms with Crippen molar-refractivity contribution in [3.05, 3.63) is 46.0 Å². The van der Waals surface area contributed by atoms with E-state index in [1.165, 1.54) is 21.7 Å². The summed E-state index contributed by atoms with van der Waals surface area (Å²) in [4.78, 5) is 8.17. The summed E-state index contributed by atoms with van der Waals surface area (Å²) in [5.41, 5.74) is 9.59. The highest BCUT2D eigenvalue weighted by Crippen LogP contribution is 2.27. The summed E-state index contributed by atoms with van der Waals surface area (Å²) in [6.45, 7) is 5.75. The molecule has 20 heavy (non-hydrogen) atoms. The van der Waals surface area contributed by atoms with Crippen molar-refractivity contribution in [2.24, 2.45) is 5.73 Å². The van der Waals surface area contributed by atoms with Crippen LogP contribution in [0.5, 0.6) is 0 Å². The van der Waals surface area contributed by atoms with Gasteiger partial charge in [0.2, 0.25) is 0 Å². The van der Waals surface area contributed by atoms with Crippen molar-refractivity contribution in [3.8, 4) is 0 Å². The predicted molar refractivity (Wildman–Crippen MR) is 87.3 cm³/mol. The van der Waals surface area contributed by atoms with Gasteiger partial charge in [0.15, 0.2) is 5.13 Å². The largest absolute Gasteiger partial charge is 0.347 e. The number of hydrogen-bond acceptors (Lipinski definition) is 4. The molecule has 0 atom stereocenters. The second-order valence-corrected chi connectivity index (χ2v) is 6.22. The summed E-state index contributed by atoms with van der Waals surface area (Å²) in [6, 6.07) is 8.66. The molecular weight excluding hydrogens is 266 g/mol. The first-order valence-corrected chi connectivity index (χ1v) is 7.91. The molecule has 0 bridgehead atoms. The second-order valence-electron chi connectivity index (χ2n) is 5.16. The molecule has 0 spiro atoms. The molecular formula is C16H23N3S. The maximum atomic E-state index is 5.82. The molecule has 1 heterocycles. The van der Waals surface area contributed by atoms with Crippen LogP contribution in [0.15, 0.2) is 24.3 Å². The second kappa shape index (κ2) is 6.86. The minimum Gasteiger partial charge on any atom is -0.347 e. The maximum absolute atomic E-state index is 5.82. The summed E-state index contributed by atoms with van der Waals surface area (Å²) < 4.78 is 0. The Kier molecular flexibility index (Phi) is 5.15. The number of aromatic nitrogens is 1. The van der Waals surface area contributed by atoms with Crippen molar-refractivity contribution in [2.45, 2.75) is 39.8 Å². The minimum absolute atomic E-state index is 0.589. The minimum atomic E-state index is 0.589. The molecule has 0 amide bonds. The van der Waals surface area contributed by atoms with Gasteiger partial charge in [-0.1, -0.05) is 43.2 Å². The fraction of sp³-hybridized carbons (Fsp3) is 0.438. The smallest absolute Gasteiger partial charge is 0.185 e. The van der Waals surface area contributed by atoms with E-state index in [0.29, 0.717) is 6.54 Å². The Labute approximate surface area is 125 Å². The lowest BCUT2D eigenvalue weighted by Gasteiger charge is -2.15. The van der Waals surface area contributed by atoms with Gasteiger partial charge in [0.1, 0.15) is 0 Å². The Hall–Kier alpha value is -1.39. The monoisotopic (exact) mass is 289 g/mol. The van der Waals surface area contributed by atoms with Crippen LogP contribution in [0.3, 0.4) is 0 Å². The van der Waals surface area contributed by atoms with Crippen LogP contribution in [0.1, 0.15) is 35.0 Å². The van der Waals surface area contributed by atoms with Gasteiger partial charge in [-0.15, -0.1) is 11.3 Å². The third kappa shape index (κ3) is 3.58. The first-order valence-electron chi connectivity index (χ1n) is 7.09. The average Bonchev–Trinajstić information content (AvgIpc) is 2.85. The van der Waals surface area contributed by atoms with Crippen molar-refractivity contribution in [1.29, 1.82) is 0 Å². The topological polar surface area (TPSA) is 42.2 Å². The first-order chi connectivity index (χ1) is 9.63. The van der Waals surface area contributed by atoms with Crippen LogP contribution in [0.2, 0.25) is 0 Å². The standard InChI is InChI=1S/C16H23N3S/c1-4-5-14-15(10-17)20-16(18-14)19(3)11-13-8-6-12(2)7-9-13/h6-9H,4-5,10-11,17H2,1-3H3. The highest BCUT2D eigenvalue weighted by molar-refractivity contribution is 7.15. The van der Waals surface area contributed by atoms with E-state index in [1.54, 1.807) is 11.3 Å². The number of benzene rings is 1. The zero-order valence-electron chi connectivity index (χ0n) is 12.5. The average molecular weight is 289 g/mol. The third-order valence-corrected chi connectivity index (χ3v) is 4.54. The van der Waals surface area contributed by atoms with Gasteiger partial charge in [0.25, 0.3) is 0 Å². The molecule has 1 aromatic heterocycles. The molecule has 3 nitrogen and oxygen atoms in total. The molecule has 2 N–H and O–H groups in total. The number of rotatable bonds is 6. The van der Waals surface area contributed by atoms with E-state index in [-0.39, 0.29) is 0 Å². The molecule has 0 radical (unpaired) electrons. The summed E-state index contributed by atoms with van der Waals surface area (Å²) in [6.07, 6.45) is 2.12. The Bertz CT molecular complexity index is 545. The van der Waals surface area contributed by atoms with E-state index in [9.17, 15) is 0 Å². The molecule has 0 aliphatic rings. The number of nitrogens with two attached hydrogens (primary N) is 1. The number of thiazole rings is 1. The van der Waals surface area contributed by atoms with E-state index in [4.69, 9.17) is 10.7 Å². The summed E-state index contributed by atoms with van der Waals surface area (Å²) in [5.74, 6) is 0. The number of aryl methyl sites for hydroxylation is 2. The number of anilines is 1. The van der Waals surface area contributed by atoms with Gasteiger partial charge in [-0.25, -0.2) is 4.98 Å². The van der Waals surface area contributed by atoms with E-state index in [0.717, 1.165) is 24.5 Å².